The number of hydrogen-bond donors (Lipinski definition) is 1. The van der Waals surface area contributed by atoms with Crippen molar-refractivity contribution in [2.45, 2.75) is 13.3 Å². The van der Waals surface area contributed by atoms with Crippen molar-refractivity contribution in [3.8, 4) is 6.07 Å². The van der Waals surface area contributed by atoms with Crippen LogP contribution in [0.3, 0.4) is 0 Å². The highest BCUT2D eigenvalue weighted by Crippen LogP contribution is 1.98. The number of rotatable bonds is 2. The predicted octanol–water partition coefficient (Wildman–Crippen LogP) is 5.04. The number of nitrogens with zero attached hydrogens (tertiary/aromatic N) is 1. The van der Waals surface area contributed by atoms with E-state index in [9.17, 15) is 4.79 Å². The summed E-state index contributed by atoms with van der Waals surface area (Å²) in [6.45, 7) is 14.4. The average Bonchev–Trinajstić information content (AvgIpc) is 2.28. The fourth-order valence-electron chi connectivity index (χ4n) is 0.151. The van der Waals surface area contributed by atoms with Crippen LogP contribution in [0, 0.1) is 11.3 Å². The van der Waals surface area contributed by atoms with Crippen LogP contribution in [-0.2, 0) is 4.79 Å². The van der Waals surface area contributed by atoms with Crippen molar-refractivity contribution in [2.75, 3.05) is 0 Å². The summed E-state index contributed by atoms with van der Waals surface area (Å²) in [5, 5.41) is 15.6. The molecule has 0 radical (unpaired) electrons. The highest BCUT2D eigenvalue weighted by Gasteiger charge is 1.96. The van der Waals surface area contributed by atoms with Gasteiger partial charge in [0.05, 0.1) is 10.6 Å². The summed E-state index contributed by atoms with van der Waals surface area (Å²) in [7, 11) is 0. The van der Waals surface area contributed by atoms with Crippen LogP contribution in [0.2, 0.25) is 0 Å². The van der Waals surface area contributed by atoms with Gasteiger partial charge in [-0.15, -0.1) is 0 Å². The number of carbonyl (C=O) groups is 1. The van der Waals surface area contributed by atoms with E-state index in [1.54, 1.807) is 13.0 Å². The van der Waals surface area contributed by atoms with Crippen LogP contribution in [0.5, 0.6) is 0 Å². The van der Waals surface area contributed by atoms with Gasteiger partial charge in [-0.05, 0) is 12.0 Å². The second-order valence-corrected chi connectivity index (χ2v) is 3.50. The molecule has 0 bridgehead atoms. The fourth-order valence-corrected chi connectivity index (χ4v) is 0.151. The van der Waals surface area contributed by atoms with Crippen LogP contribution in [0.25, 0.3) is 0 Å². The van der Waals surface area contributed by atoms with Gasteiger partial charge in [0.25, 0.3) is 0 Å². The summed E-state index contributed by atoms with van der Waals surface area (Å²) >= 11 is 14.5. The molecule has 3 nitrogen and oxygen atoms in total. The van der Waals surface area contributed by atoms with Gasteiger partial charge in [-0.25, -0.2) is 4.79 Å². The lowest BCUT2D eigenvalue weighted by Gasteiger charge is -1.87. The fraction of sp³-hybridized carbons (Fsp3) is 0.167. The minimum Gasteiger partial charge on any atom is -0.478 e. The Morgan fingerprint density at radius 3 is 1.61 bits per heavy atom. The minimum absolute atomic E-state index is 0.111. The molecule has 0 saturated heterocycles. The monoisotopic (exact) mass is 311 g/mol. The molecule has 0 heterocycles. The van der Waals surface area contributed by atoms with Crippen molar-refractivity contribution >= 4 is 40.8 Å². The number of halogens is 3. The van der Waals surface area contributed by atoms with Gasteiger partial charge in [0.15, 0.2) is 0 Å². The quantitative estimate of drug-likeness (QED) is 0.574. The Morgan fingerprint density at radius 1 is 1.39 bits per heavy atom. The largest absolute Gasteiger partial charge is 0.478 e. The molecule has 102 valence electrons. The zero-order valence-electron chi connectivity index (χ0n) is 10.1. The topological polar surface area (TPSA) is 61.1 Å². The summed E-state index contributed by atoms with van der Waals surface area (Å²) < 4.78 is 0.111. The maximum absolute atomic E-state index is 9.83. The Hall–Kier alpha value is -1.21. The van der Waals surface area contributed by atoms with Gasteiger partial charge in [-0.2, -0.15) is 5.26 Å². The van der Waals surface area contributed by atoms with Crippen LogP contribution >= 0.6 is 34.8 Å². The summed E-state index contributed by atoms with van der Waals surface area (Å²) in [6.07, 6.45) is 1.70. The van der Waals surface area contributed by atoms with E-state index in [4.69, 9.17) is 45.2 Å². The molecule has 0 saturated carbocycles. The highest BCUT2D eigenvalue weighted by molar-refractivity contribution is 6.55. The lowest BCUT2D eigenvalue weighted by atomic mass is 10.2. The van der Waals surface area contributed by atoms with E-state index in [-0.39, 0.29) is 10.1 Å². The molecule has 0 aromatic heterocycles. The predicted molar refractivity (Wildman–Crippen MR) is 79.8 cm³/mol. The molecule has 0 unspecified atom stereocenters. The number of hydrogen-bond acceptors (Lipinski definition) is 2. The Balaban J connectivity index is -0.0000000775. The first-order valence-electron chi connectivity index (χ1n) is 4.37. The third-order valence-electron chi connectivity index (χ3n) is 0.821. The number of carboxylic acid groups (broad SMARTS) is 1. The second-order valence-electron chi connectivity index (χ2n) is 2.09. The standard InChI is InChI=1S/C5H8O2.C3H3N.C2H2Cl2.C2H3Cl/c1-3-4(2)5(6)7;1-2-3-4;1-2(3)4;1-2-3/h2-3H2,1H3,(H,6,7);2H,1H2;1H2;2H,1H2. The molecule has 6 heteroatoms. The first kappa shape index (κ1) is 25.6. The van der Waals surface area contributed by atoms with E-state index < -0.39 is 5.97 Å². The summed E-state index contributed by atoms with van der Waals surface area (Å²) in [5.41, 5.74) is 1.49. The minimum atomic E-state index is -0.900. The number of aliphatic carboxylic acids is 1. The van der Waals surface area contributed by atoms with Crippen molar-refractivity contribution in [1.29, 1.82) is 5.26 Å². The molecule has 0 aromatic carbocycles. The van der Waals surface area contributed by atoms with Gasteiger partial charge in [-0.3, -0.25) is 0 Å². The van der Waals surface area contributed by atoms with Gasteiger partial charge in [0.2, 0.25) is 0 Å². The van der Waals surface area contributed by atoms with E-state index in [0.29, 0.717) is 6.42 Å². The van der Waals surface area contributed by atoms with Crippen molar-refractivity contribution < 1.29 is 9.90 Å². The normalized spacial score (nSPS) is 6.17. The average molecular weight is 313 g/mol. The number of allylic oxidation sites excluding steroid dienone is 1. The zero-order valence-corrected chi connectivity index (χ0v) is 12.4. The maximum atomic E-state index is 9.83. The Kier molecular flexibility index (Phi) is 35.3. The molecule has 0 aromatic rings. The second kappa shape index (κ2) is 24.8. The molecule has 0 fully saturated rings. The van der Waals surface area contributed by atoms with E-state index in [0.717, 1.165) is 0 Å². The van der Waals surface area contributed by atoms with Gasteiger partial charge >= 0.3 is 5.97 Å². The van der Waals surface area contributed by atoms with Crippen LogP contribution in [-0.4, -0.2) is 11.1 Å². The van der Waals surface area contributed by atoms with Gasteiger partial charge in [-0.1, -0.05) is 68.0 Å². The van der Waals surface area contributed by atoms with E-state index >= 15 is 0 Å². The van der Waals surface area contributed by atoms with Crippen molar-refractivity contribution in [3.05, 3.63) is 48.0 Å². The molecular formula is C12H16Cl3NO2. The smallest absolute Gasteiger partial charge is 0.330 e. The molecular weight excluding hydrogens is 296 g/mol. The van der Waals surface area contributed by atoms with Gasteiger partial charge < -0.3 is 5.11 Å². The molecule has 0 rings (SSSR count). The molecule has 0 spiro atoms. The van der Waals surface area contributed by atoms with Crippen molar-refractivity contribution in [2.24, 2.45) is 0 Å². The lowest BCUT2D eigenvalue weighted by molar-refractivity contribution is -0.132. The van der Waals surface area contributed by atoms with E-state index in [1.165, 1.54) is 11.6 Å². The van der Waals surface area contributed by atoms with Crippen LogP contribution in [0.15, 0.2) is 48.0 Å². The maximum Gasteiger partial charge on any atom is 0.330 e. The molecule has 0 amide bonds. The summed E-state index contributed by atoms with van der Waals surface area (Å²) in [6, 6.07) is 1.69. The summed E-state index contributed by atoms with van der Waals surface area (Å²) in [4.78, 5) is 9.83. The number of carboxylic acids is 1. The SMILES string of the molecule is C=C(CC)C(=O)O.C=C(Cl)Cl.C=CC#N.C=CCl. The molecule has 0 aliphatic carbocycles. The van der Waals surface area contributed by atoms with Crippen molar-refractivity contribution in [1.82, 2.24) is 0 Å². The molecule has 18 heavy (non-hydrogen) atoms. The first-order chi connectivity index (χ1) is 8.24. The van der Waals surface area contributed by atoms with E-state index in [2.05, 4.69) is 26.3 Å². The molecule has 0 atom stereocenters. The van der Waals surface area contributed by atoms with Crippen LogP contribution in [0.1, 0.15) is 13.3 Å². The van der Waals surface area contributed by atoms with Crippen molar-refractivity contribution in [3.63, 3.8) is 0 Å². The third kappa shape index (κ3) is 83.9. The van der Waals surface area contributed by atoms with Crippen LogP contribution in [0.4, 0.5) is 0 Å². The number of nitriles is 1. The van der Waals surface area contributed by atoms with Gasteiger partial charge in [0.1, 0.15) is 0 Å². The Bertz CT molecular complexity index is 303. The first-order valence-corrected chi connectivity index (χ1v) is 5.56. The highest BCUT2D eigenvalue weighted by atomic mass is 35.5. The molecule has 1 N–H and O–H groups in total. The summed E-state index contributed by atoms with van der Waals surface area (Å²) in [5.74, 6) is -0.900. The lowest BCUT2D eigenvalue weighted by Crippen LogP contribution is -1.95. The zero-order chi connectivity index (χ0) is 15.6. The van der Waals surface area contributed by atoms with Gasteiger partial charge in [0, 0.05) is 11.6 Å². The third-order valence-corrected chi connectivity index (χ3v) is 0.821. The Morgan fingerprint density at radius 2 is 1.61 bits per heavy atom. The van der Waals surface area contributed by atoms with Crippen LogP contribution < -0.4 is 0 Å². The van der Waals surface area contributed by atoms with E-state index in [1.807, 2.05) is 0 Å². The molecule has 0 aliphatic rings. The Labute approximate surface area is 123 Å². The molecule has 0 aliphatic heterocycles.